The second-order valence-corrected chi connectivity index (χ2v) is 7.57. The van der Waals surface area contributed by atoms with Crippen LogP contribution in [0, 0.1) is 18.8 Å². The molecule has 0 aliphatic carbocycles. The van der Waals surface area contributed by atoms with E-state index in [4.69, 9.17) is 0 Å². The van der Waals surface area contributed by atoms with Crippen LogP contribution in [0.1, 0.15) is 43.7 Å². The molecule has 0 N–H and O–H groups in total. The van der Waals surface area contributed by atoms with E-state index in [0.717, 1.165) is 45.6 Å². The van der Waals surface area contributed by atoms with Gasteiger partial charge in [-0.1, -0.05) is 36.8 Å². The lowest BCUT2D eigenvalue weighted by atomic mass is 9.92. The Morgan fingerprint density at radius 1 is 1.09 bits per heavy atom. The highest BCUT2D eigenvalue weighted by atomic mass is 16.2. The van der Waals surface area contributed by atoms with E-state index >= 15 is 0 Å². The van der Waals surface area contributed by atoms with Crippen molar-refractivity contribution < 1.29 is 4.79 Å². The third kappa shape index (κ3) is 4.35. The zero-order chi connectivity index (χ0) is 16.2. The van der Waals surface area contributed by atoms with Gasteiger partial charge in [0.15, 0.2) is 0 Å². The number of piperidine rings is 2. The van der Waals surface area contributed by atoms with Crippen molar-refractivity contribution >= 4 is 5.91 Å². The molecule has 2 aliphatic heterocycles. The normalized spacial score (nSPS) is 23.9. The number of benzene rings is 1. The van der Waals surface area contributed by atoms with E-state index in [1.54, 1.807) is 0 Å². The Morgan fingerprint density at radius 3 is 2.43 bits per heavy atom. The number of likely N-dealkylation sites (tertiary alicyclic amines) is 2. The first-order chi connectivity index (χ1) is 11.1. The molecule has 23 heavy (non-hydrogen) atoms. The largest absolute Gasteiger partial charge is 0.342 e. The fraction of sp³-hybridized carbons (Fsp3) is 0.650. The van der Waals surface area contributed by atoms with Crippen LogP contribution < -0.4 is 0 Å². The van der Waals surface area contributed by atoms with E-state index in [0.29, 0.717) is 11.8 Å². The van der Waals surface area contributed by atoms with Crippen LogP contribution in [0.25, 0.3) is 0 Å². The van der Waals surface area contributed by atoms with Crippen molar-refractivity contribution in [3.63, 3.8) is 0 Å². The molecule has 0 aromatic heterocycles. The average Bonchev–Trinajstić information content (AvgIpc) is 2.57. The smallest absolute Gasteiger partial charge is 0.225 e. The van der Waals surface area contributed by atoms with Gasteiger partial charge in [-0.3, -0.25) is 9.69 Å². The molecule has 2 heterocycles. The third-order valence-electron chi connectivity index (χ3n) is 5.43. The van der Waals surface area contributed by atoms with E-state index < -0.39 is 0 Å². The van der Waals surface area contributed by atoms with Crippen LogP contribution >= 0.6 is 0 Å². The Hall–Kier alpha value is -1.35. The minimum absolute atomic E-state index is 0.259. The molecule has 0 unspecified atom stereocenters. The standard InChI is InChI=1S/C20H30N2O/c1-16-5-7-18(8-6-16)15-21-12-9-19(10-13-21)20(23)22-11-3-4-17(2)14-22/h5-8,17,19H,3-4,9-15H2,1-2H3/t17-/m1/s1. The van der Waals surface area contributed by atoms with Crippen LogP contribution in [-0.4, -0.2) is 41.9 Å². The fourth-order valence-electron chi connectivity index (χ4n) is 3.94. The molecule has 3 nitrogen and oxygen atoms in total. The molecule has 3 heteroatoms. The number of rotatable bonds is 3. The van der Waals surface area contributed by atoms with E-state index in [-0.39, 0.29) is 5.92 Å². The van der Waals surface area contributed by atoms with Gasteiger partial charge in [-0.05, 0) is 57.2 Å². The number of carbonyl (C=O) groups excluding carboxylic acids is 1. The summed E-state index contributed by atoms with van der Waals surface area (Å²) in [5.74, 6) is 1.36. The van der Waals surface area contributed by atoms with Gasteiger partial charge in [0.1, 0.15) is 0 Å². The molecule has 0 saturated carbocycles. The highest BCUT2D eigenvalue weighted by molar-refractivity contribution is 5.79. The van der Waals surface area contributed by atoms with Crippen molar-refractivity contribution in [3.8, 4) is 0 Å². The van der Waals surface area contributed by atoms with E-state index in [2.05, 4.69) is 47.9 Å². The zero-order valence-electron chi connectivity index (χ0n) is 14.6. The Morgan fingerprint density at radius 2 is 1.78 bits per heavy atom. The molecule has 2 saturated heterocycles. The average molecular weight is 314 g/mol. The Bertz CT molecular complexity index is 517. The molecule has 3 rings (SSSR count). The van der Waals surface area contributed by atoms with Gasteiger partial charge in [0, 0.05) is 25.6 Å². The lowest BCUT2D eigenvalue weighted by Gasteiger charge is -2.37. The van der Waals surface area contributed by atoms with Crippen LogP contribution in [0.5, 0.6) is 0 Å². The topological polar surface area (TPSA) is 23.6 Å². The maximum absolute atomic E-state index is 12.7. The van der Waals surface area contributed by atoms with E-state index in [1.165, 1.54) is 24.0 Å². The van der Waals surface area contributed by atoms with E-state index in [1.807, 2.05) is 0 Å². The molecule has 1 aromatic carbocycles. The van der Waals surface area contributed by atoms with Gasteiger partial charge in [0.05, 0.1) is 0 Å². The molecule has 126 valence electrons. The Labute approximate surface area is 140 Å². The SMILES string of the molecule is Cc1ccc(CN2CCC(C(=O)N3CCC[C@@H](C)C3)CC2)cc1. The van der Waals surface area contributed by atoms with Crippen LogP contribution in [0.3, 0.4) is 0 Å². The summed E-state index contributed by atoms with van der Waals surface area (Å²) in [4.78, 5) is 17.3. The van der Waals surface area contributed by atoms with Crippen LogP contribution in [0.15, 0.2) is 24.3 Å². The molecule has 0 radical (unpaired) electrons. The van der Waals surface area contributed by atoms with Gasteiger partial charge in [-0.15, -0.1) is 0 Å². The lowest BCUT2D eigenvalue weighted by Crippen LogP contribution is -2.45. The number of hydrogen-bond acceptors (Lipinski definition) is 2. The van der Waals surface area contributed by atoms with Crippen molar-refractivity contribution in [1.29, 1.82) is 0 Å². The van der Waals surface area contributed by atoms with Gasteiger partial charge < -0.3 is 4.90 Å². The van der Waals surface area contributed by atoms with Crippen molar-refractivity contribution in [2.24, 2.45) is 11.8 Å². The minimum Gasteiger partial charge on any atom is -0.342 e. The maximum Gasteiger partial charge on any atom is 0.225 e. The summed E-state index contributed by atoms with van der Waals surface area (Å²) in [6.45, 7) is 9.46. The van der Waals surface area contributed by atoms with Crippen LogP contribution in [0.4, 0.5) is 0 Å². The first kappa shape index (κ1) is 16.5. The minimum atomic E-state index is 0.259. The molecule has 1 atom stereocenters. The molecule has 2 aliphatic rings. The zero-order valence-corrected chi connectivity index (χ0v) is 14.6. The van der Waals surface area contributed by atoms with Crippen LogP contribution in [-0.2, 0) is 11.3 Å². The first-order valence-corrected chi connectivity index (χ1v) is 9.18. The highest BCUT2D eigenvalue weighted by Gasteiger charge is 2.30. The monoisotopic (exact) mass is 314 g/mol. The Balaban J connectivity index is 1.48. The van der Waals surface area contributed by atoms with Gasteiger partial charge in [0.2, 0.25) is 5.91 Å². The summed E-state index contributed by atoms with van der Waals surface area (Å²) < 4.78 is 0. The molecule has 0 bridgehead atoms. The predicted molar refractivity (Wildman–Crippen MR) is 94.2 cm³/mol. The summed E-state index contributed by atoms with van der Waals surface area (Å²) >= 11 is 0. The molecular weight excluding hydrogens is 284 g/mol. The van der Waals surface area contributed by atoms with Gasteiger partial charge in [-0.2, -0.15) is 0 Å². The maximum atomic E-state index is 12.7. The van der Waals surface area contributed by atoms with Gasteiger partial charge in [0.25, 0.3) is 0 Å². The summed E-state index contributed by atoms with van der Waals surface area (Å²) in [6.07, 6.45) is 4.50. The van der Waals surface area contributed by atoms with Crippen molar-refractivity contribution in [3.05, 3.63) is 35.4 Å². The molecule has 1 aromatic rings. The second-order valence-electron chi connectivity index (χ2n) is 7.57. The van der Waals surface area contributed by atoms with Crippen LogP contribution in [0.2, 0.25) is 0 Å². The highest BCUT2D eigenvalue weighted by Crippen LogP contribution is 2.24. The van der Waals surface area contributed by atoms with E-state index in [9.17, 15) is 4.79 Å². The quantitative estimate of drug-likeness (QED) is 0.853. The summed E-state index contributed by atoms with van der Waals surface area (Å²) in [5, 5.41) is 0. The molecule has 0 spiro atoms. The van der Waals surface area contributed by atoms with Crippen molar-refractivity contribution in [2.75, 3.05) is 26.2 Å². The number of amides is 1. The third-order valence-corrected chi connectivity index (χ3v) is 5.43. The molecule has 2 fully saturated rings. The summed E-state index contributed by atoms with van der Waals surface area (Å²) in [7, 11) is 0. The fourth-order valence-corrected chi connectivity index (χ4v) is 3.94. The van der Waals surface area contributed by atoms with Gasteiger partial charge in [-0.25, -0.2) is 0 Å². The lowest BCUT2D eigenvalue weighted by molar-refractivity contribution is -0.138. The molecule has 1 amide bonds. The summed E-state index contributed by atoms with van der Waals surface area (Å²) in [5.41, 5.74) is 2.69. The van der Waals surface area contributed by atoms with Crippen molar-refractivity contribution in [1.82, 2.24) is 9.80 Å². The van der Waals surface area contributed by atoms with Crippen molar-refractivity contribution in [2.45, 2.75) is 46.1 Å². The Kier molecular flexibility index (Phi) is 5.37. The predicted octanol–water partition coefficient (Wildman–Crippen LogP) is 3.47. The number of carbonyl (C=O) groups is 1. The first-order valence-electron chi connectivity index (χ1n) is 9.18. The second kappa shape index (κ2) is 7.48. The number of hydrogen-bond donors (Lipinski definition) is 0. The van der Waals surface area contributed by atoms with Gasteiger partial charge >= 0.3 is 0 Å². The summed E-state index contributed by atoms with van der Waals surface area (Å²) in [6, 6.07) is 8.82. The molecular formula is C20H30N2O. The number of aryl methyl sites for hydroxylation is 1. The number of nitrogens with zero attached hydrogens (tertiary/aromatic N) is 2.